The molecule has 25 valence electrons. The molecule has 0 aliphatic heterocycles. The van der Waals surface area contributed by atoms with Crippen LogP contribution in [-0.4, -0.2) is 54.4 Å². The summed E-state index contributed by atoms with van der Waals surface area (Å²) in [6.45, 7) is 0. The minimum Gasteiger partial charge on any atom is -1.00 e. The Bertz CT molecular complexity index is 13.5. The van der Waals surface area contributed by atoms with Gasteiger partial charge in [0.05, 0.1) is 0 Å². The van der Waals surface area contributed by atoms with Gasteiger partial charge in [-0.05, 0) is 0 Å². The smallest absolute Gasteiger partial charge is 1.00 e. The zero-order valence-corrected chi connectivity index (χ0v) is 9.98. The summed E-state index contributed by atoms with van der Waals surface area (Å²) in [7, 11) is 0. The SMILES string of the molecule is O.[Ba+2].[Co].[H-].[H-].[Zr]. The third kappa shape index (κ3) is 8.87. The molecular formula is H4BaCoOZr. The maximum atomic E-state index is 0. The molecule has 0 heterocycles. The van der Waals surface area contributed by atoms with Crippen molar-refractivity contribution >= 4 is 48.9 Å². The van der Waals surface area contributed by atoms with Gasteiger partial charge in [0.1, 0.15) is 0 Å². The molecule has 0 fully saturated rings. The van der Waals surface area contributed by atoms with E-state index in [0.717, 1.165) is 0 Å². The molecular weight excluding hydrogens is 303 g/mol. The van der Waals surface area contributed by atoms with E-state index in [4.69, 9.17) is 0 Å². The van der Waals surface area contributed by atoms with Crippen LogP contribution in [0.15, 0.2) is 0 Å². The molecule has 0 unspecified atom stereocenters. The van der Waals surface area contributed by atoms with Crippen molar-refractivity contribution in [3.63, 3.8) is 0 Å². The fourth-order valence-electron chi connectivity index (χ4n) is 0. The second-order valence-electron chi connectivity index (χ2n) is 0. The molecule has 0 rings (SSSR count). The summed E-state index contributed by atoms with van der Waals surface area (Å²) < 4.78 is 0. The first-order chi connectivity index (χ1) is 0. The minimum absolute atomic E-state index is 0. The van der Waals surface area contributed by atoms with E-state index in [0.29, 0.717) is 0 Å². The Hall–Kier alpha value is 2.92. The summed E-state index contributed by atoms with van der Waals surface area (Å²) in [5.74, 6) is 0. The van der Waals surface area contributed by atoms with Gasteiger partial charge in [0.15, 0.2) is 0 Å². The zero-order chi connectivity index (χ0) is 0. The molecule has 0 spiro atoms. The summed E-state index contributed by atoms with van der Waals surface area (Å²) in [5, 5.41) is 0. The van der Waals surface area contributed by atoms with Gasteiger partial charge in [-0.15, -0.1) is 0 Å². The average molecular weight is 308 g/mol. The standard InChI is InChI=1S/Ba.Co.H2O.Zr.2H/h;;1H2;;;/q+2;;;;2*-1. The molecule has 0 aliphatic carbocycles. The van der Waals surface area contributed by atoms with Crippen LogP contribution in [0.3, 0.4) is 0 Å². The summed E-state index contributed by atoms with van der Waals surface area (Å²) >= 11 is 0. The Balaban J connectivity index is 0. The van der Waals surface area contributed by atoms with Gasteiger partial charge in [-0.25, -0.2) is 0 Å². The van der Waals surface area contributed by atoms with Crippen LogP contribution in [0, 0.1) is 0 Å². The predicted molar refractivity (Wildman–Crippen MR) is 11.6 cm³/mol. The largest absolute Gasteiger partial charge is 2.00 e. The normalized spacial score (nSPS) is 0. The van der Waals surface area contributed by atoms with E-state index in [1.807, 2.05) is 0 Å². The van der Waals surface area contributed by atoms with E-state index in [2.05, 4.69) is 0 Å². The maximum Gasteiger partial charge on any atom is 2.00 e. The van der Waals surface area contributed by atoms with Crippen LogP contribution in [0.25, 0.3) is 0 Å². The zero-order valence-electron chi connectivity index (χ0n) is 4.04. The fourth-order valence-corrected chi connectivity index (χ4v) is 0. The van der Waals surface area contributed by atoms with Crippen molar-refractivity contribution in [2.75, 3.05) is 0 Å². The van der Waals surface area contributed by atoms with Gasteiger partial charge < -0.3 is 8.33 Å². The molecule has 4 heavy (non-hydrogen) atoms. The first-order valence-corrected chi connectivity index (χ1v) is 0. The number of hydrogen-bond donors (Lipinski definition) is 0. The fraction of sp³-hybridized carbons (Fsp3) is 0. The molecule has 0 aromatic heterocycles. The van der Waals surface area contributed by atoms with E-state index in [1.54, 1.807) is 0 Å². The Kier molecular flexibility index (Phi) is 119. The van der Waals surface area contributed by atoms with Crippen LogP contribution < -0.4 is 0 Å². The van der Waals surface area contributed by atoms with Gasteiger partial charge >= 0.3 is 48.9 Å². The Morgan fingerprint density at radius 3 is 1.25 bits per heavy atom. The Morgan fingerprint density at radius 1 is 1.25 bits per heavy atom. The first-order valence-electron chi connectivity index (χ1n) is 0. The topological polar surface area (TPSA) is 31.5 Å². The van der Waals surface area contributed by atoms with Gasteiger partial charge in [-0.2, -0.15) is 0 Å². The summed E-state index contributed by atoms with van der Waals surface area (Å²) in [6, 6.07) is 0. The van der Waals surface area contributed by atoms with Gasteiger partial charge in [0, 0.05) is 43.0 Å². The van der Waals surface area contributed by atoms with Crippen molar-refractivity contribution in [2.45, 2.75) is 0 Å². The second-order valence-corrected chi connectivity index (χ2v) is 0. The Morgan fingerprint density at radius 2 is 1.25 bits per heavy atom. The van der Waals surface area contributed by atoms with Crippen molar-refractivity contribution in [3.05, 3.63) is 0 Å². The molecule has 0 aromatic rings. The molecule has 1 radical (unpaired) electrons. The maximum absolute atomic E-state index is 0. The van der Waals surface area contributed by atoms with Crippen LogP contribution in [0.2, 0.25) is 0 Å². The number of hydrogen-bond acceptors (Lipinski definition) is 0. The summed E-state index contributed by atoms with van der Waals surface area (Å²) in [4.78, 5) is 0. The monoisotopic (exact) mass is 307 g/mol. The molecule has 4 heteroatoms. The quantitative estimate of drug-likeness (QED) is 0.515. The number of rotatable bonds is 0. The van der Waals surface area contributed by atoms with Gasteiger partial charge in [-0.1, -0.05) is 0 Å². The van der Waals surface area contributed by atoms with E-state index in [9.17, 15) is 0 Å². The molecule has 2 N–H and O–H groups in total. The molecule has 0 saturated carbocycles. The van der Waals surface area contributed by atoms with Gasteiger partial charge in [0.2, 0.25) is 0 Å². The molecule has 0 saturated heterocycles. The average Bonchev–Trinajstić information content (AvgIpc) is 0. The van der Waals surface area contributed by atoms with Gasteiger partial charge in [-0.3, -0.25) is 0 Å². The van der Waals surface area contributed by atoms with Crippen LogP contribution in [0.4, 0.5) is 0 Å². The van der Waals surface area contributed by atoms with Crippen LogP contribution in [0.5, 0.6) is 0 Å². The van der Waals surface area contributed by atoms with Gasteiger partial charge in [0.25, 0.3) is 0 Å². The van der Waals surface area contributed by atoms with Crippen molar-refractivity contribution < 1.29 is 51.3 Å². The third-order valence-corrected chi connectivity index (χ3v) is 0. The molecule has 0 aromatic carbocycles. The molecule has 0 aliphatic rings. The molecule has 0 bridgehead atoms. The van der Waals surface area contributed by atoms with E-state index < -0.39 is 0 Å². The van der Waals surface area contributed by atoms with E-state index in [-0.39, 0.29) is 100 Å². The van der Waals surface area contributed by atoms with Crippen LogP contribution >= 0.6 is 0 Å². The van der Waals surface area contributed by atoms with Crippen molar-refractivity contribution in [1.82, 2.24) is 0 Å². The molecule has 1 nitrogen and oxygen atoms in total. The first kappa shape index (κ1) is 28.4. The van der Waals surface area contributed by atoms with E-state index >= 15 is 0 Å². The Labute approximate surface area is 98.0 Å². The van der Waals surface area contributed by atoms with E-state index in [1.165, 1.54) is 0 Å². The van der Waals surface area contributed by atoms with Crippen molar-refractivity contribution in [3.8, 4) is 0 Å². The van der Waals surface area contributed by atoms with Crippen molar-refractivity contribution in [1.29, 1.82) is 0 Å². The molecule has 0 amide bonds. The third-order valence-electron chi connectivity index (χ3n) is 0. The summed E-state index contributed by atoms with van der Waals surface area (Å²) in [5.41, 5.74) is 0. The predicted octanol–water partition coefficient (Wildman–Crippen LogP) is -0.986. The minimum atomic E-state index is 0. The van der Waals surface area contributed by atoms with Crippen LogP contribution in [-0.2, 0) is 43.0 Å². The summed E-state index contributed by atoms with van der Waals surface area (Å²) in [6.07, 6.45) is 0. The second kappa shape index (κ2) is 16.8. The van der Waals surface area contributed by atoms with Crippen LogP contribution in [0.1, 0.15) is 2.85 Å². The molecule has 0 atom stereocenters. The van der Waals surface area contributed by atoms with Crippen molar-refractivity contribution in [2.24, 2.45) is 0 Å².